The van der Waals surface area contributed by atoms with E-state index in [1.54, 1.807) is 0 Å². The smallest absolute Gasteiger partial charge is 0.325 e. The Balaban J connectivity index is 1.93. The fraction of sp³-hybridized carbons (Fsp3) is 0.250. The van der Waals surface area contributed by atoms with Crippen LogP contribution in [0.5, 0.6) is 0 Å². The molecule has 2 N–H and O–H groups in total. The Morgan fingerprint density at radius 2 is 1.72 bits per heavy atom. The van der Waals surface area contributed by atoms with Gasteiger partial charge in [0.1, 0.15) is 6.04 Å². The molecule has 4 rings (SSSR count). The predicted octanol–water partition coefficient (Wildman–Crippen LogP) is 3.29. The van der Waals surface area contributed by atoms with Crippen molar-refractivity contribution in [2.45, 2.75) is 6.04 Å². The Morgan fingerprint density at radius 1 is 1.04 bits per heavy atom. The highest BCUT2D eigenvalue weighted by molar-refractivity contribution is 5.95. The third-order valence-corrected chi connectivity index (χ3v) is 4.73. The summed E-state index contributed by atoms with van der Waals surface area (Å²) in [5.41, 5.74) is 3.65. The molecule has 0 aliphatic carbocycles. The molecule has 2 aromatic carbocycles. The zero-order valence-corrected chi connectivity index (χ0v) is 13.8. The average Bonchev–Trinajstić information content (AvgIpc) is 3.03. The number of nitrogens with zero attached hydrogens (tertiary/aromatic N) is 1. The van der Waals surface area contributed by atoms with Crippen molar-refractivity contribution in [2.24, 2.45) is 0 Å². The van der Waals surface area contributed by atoms with E-state index >= 15 is 0 Å². The highest BCUT2D eigenvalue weighted by atomic mass is 16.5. The minimum atomic E-state index is -0.830. The number of carboxylic acids is 1. The quantitative estimate of drug-likeness (QED) is 0.767. The van der Waals surface area contributed by atoms with E-state index in [0.29, 0.717) is 26.3 Å². The summed E-state index contributed by atoms with van der Waals surface area (Å²) >= 11 is 0. The molecule has 128 valence electrons. The Morgan fingerprint density at radius 3 is 2.44 bits per heavy atom. The van der Waals surface area contributed by atoms with Crippen molar-refractivity contribution in [1.82, 2.24) is 9.88 Å². The van der Waals surface area contributed by atoms with Crippen LogP contribution in [0.2, 0.25) is 0 Å². The van der Waals surface area contributed by atoms with Gasteiger partial charge < -0.3 is 14.8 Å². The lowest BCUT2D eigenvalue weighted by Crippen LogP contribution is -2.42. The van der Waals surface area contributed by atoms with Crippen molar-refractivity contribution in [3.05, 3.63) is 60.2 Å². The lowest BCUT2D eigenvalue weighted by atomic mass is 9.97. The third kappa shape index (κ3) is 2.92. The molecule has 0 saturated carbocycles. The SMILES string of the molecule is O=C(O)C(c1c(-c2ccccc2)[nH]c2ccccc12)N1CCOCC1. The molecule has 1 aromatic heterocycles. The van der Waals surface area contributed by atoms with Gasteiger partial charge >= 0.3 is 5.97 Å². The predicted molar refractivity (Wildman–Crippen MR) is 96.5 cm³/mol. The molecular weight excluding hydrogens is 316 g/mol. The summed E-state index contributed by atoms with van der Waals surface area (Å²) < 4.78 is 5.41. The molecule has 1 unspecified atom stereocenters. The van der Waals surface area contributed by atoms with Gasteiger partial charge in [0.25, 0.3) is 0 Å². The molecule has 1 aliphatic rings. The Labute approximate surface area is 145 Å². The number of aromatic amines is 1. The zero-order chi connectivity index (χ0) is 17.2. The second kappa shape index (κ2) is 6.70. The average molecular weight is 336 g/mol. The van der Waals surface area contributed by atoms with Crippen molar-refractivity contribution >= 4 is 16.9 Å². The van der Waals surface area contributed by atoms with Gasteiger partial charge in [-0.15, -0.1) is 0 Å². The first-order chi connectivity index (χ1) is 12.3. The van der Waals surface area contributed by atoms with Gasteiger partial charge in [-0.25, -0.2) is 0 Å². The Bertz CT molecular complexity index is 882. The monoisotopic (exact) mass is 336 g/mol. The van der Waals surface area contributed by atoms with Crippen molar-refractivity contribution in [3.8, 4) is 11.3 Å². The van der Waals surface area contributed by atoms with Gasteiger partial charge in [-0.3, -0.25) is 9.69 Å². The molecule has 2 heterocycles. The Hall–Kier alpha value is -2.63. The maximum Gasteiger partial charge on any atom is 0.325 e. The number of aliphatic carboxylic acids is 1. The maximum absolute atomic E-state index is 12.2. The minimum Gasteiger partial charge on any atom is -0.480 e. The van der Waals surface area contributed by atoms with Crippen LogP contribution in [0.15, 0.2) is 54.6 Å². The fourth-order valence-corrected chi connectivity index (χ4v) is 3.58. The van der Waals surface area contributed by atoms with E-state index in [9.17, 15) is 9.90 Å². The third-order valence-electron chi connectivity index (χ3n) is 4.73. The highest BCUT2D eigenvalue weighted by Gasteiger charge is 2.33. The number of carbonyl (C=O) groups is 1. The normalized spacial score (nSPS) is 16.8. The number of nitrogens with one attached hydrogen (secondary N) is 1. The lowest BCUT2D eigenvalue weighted by Gasteiger charge is -2.32. The standard InChI is InChI=1S/C20H20N2O3/c23-20(24)19(22-10-12-25-13-11-22)17-15-8-4-5-9-16(15)21-18(17)14-6-2-1-3-7-14/h1-9,19,21H,10-13H2,(H,23,24). The molecule has 0 radical (unpaired) electrons. The first-order valence-electron chi connectivity index (χ1n) is 8.46. The molecule has 0 amide bonds. The van der Waals surface area contributed by atoms with Crippen LogP contribution in [0.3, 0.4) is 0 Å². The van der Waals surface area contributed by atoms with E-state index < -0.39 is 12.0 Å². The van der Waals surface area contributed by atoms with Gasteiger partial charge in [0.2, 0.25) is 0 Å². The van der Waals surface area contributed by atoms with Gasteiger partial charge in [-0.2, -0.15) is 0 Å². The largest absolute Gasteiger partial charge is 0.480 e. The number of para-hydroxylation sites is 1. The molecule has 5 heteroatoms. The van der Waals surface area contributed by atoms with Gasteiger partial charge in [0.15, 0.2) is 0 Å². The first kappa shape index (κ1) is 15.9. The number of carboxylic acid groups (broad SMARTS) is 1. The van der Waals surface area contributed by atoms with Crippen molar-refractivity contribution < 1.29 is 14.6 Å². The molecule has 1 atom stereocenters. The van der Waals surface area contributed by atoms with Crippen LogP contribution in [0.25, 0.3) is 22.2 Å². The second-order valence-corrected chi connectivity index (χ2v) is 6.21. The number of aromatic nitrogens is 1. The molecule has 3 aromatic rings. The minimum absolute atomic E-state index is 0.562. The second-order valence-electron chi connectivity index (χ2n) is 6.21. The van der Waals surface area contributed by atoms with Crippen LogP contribution in [0, 0.1) is 0 Å². The van der Waals surface area contributed by atoms with Crippen LogP contribution < -0.4 is 0 Å². The number of H-pyrrole nitrogens is 1. The van der Waals surface area contributed by atoms with E-state index in [1.165, 1.54) is 0 Å². The van der Waals surface area contributed by atoms with Crippen LogP contribution in [-0.2, 0) is 9.53 Å². The van der Waals surface area contributed by atoms with E-state index in [2.05, 4.69) is 4.98 Å². The first-order valence-corrected chi connectivity index (χ1v) is 8.46. The zero-order valence-electron chi connectivity index (χ0n) is 13.8. The number of fused-ring (bicyclic) bond motifs is 1. The number of hydrogen-bond acceptors (Lipinski definition) is 3. The van der Waals surface area contributed by atoms with Crippen molar-refractivity contribution in [1.29, 1.82) is 0 Å². The van der Waals surface area contributed by atoms with Crippen LogP contribution in [0.1, 0.15) is 11.6 Å². The summed E-state index contributed by atoms with van der Waals surface area (Å²) in [7, 11) is 0. The van der Waals surface area contributed by atoms with Gasteiger partial charge in [0.05, 0.1) is 18.9 Å². The molecule has 1 saturated heterocycles. The van der Waals surface area contributed by atoms with Gasteiger partial charge in [-0.1, -0.05) is 48.5 Å². The molecule has 0 spiro atoms. The molecule has 0 bridgehead atoms. The summed E-state index contributed by atoms with van der Waals surface area (Å²) in [6.45, 7) is 2.36. The Kier molecular flexibility index (Phi) is 4.26. The van der Waals surface area contributed by atoms with Gasteiger partial charge in [-0.05, 0) is 11.6 Å². The highest BCUT2D eigenvalue weighted by Crippen LogP contribution is 2.37. The summed E-state index contributed by atoms with van der Waals surface area (Å²) in [4.78, 5) is 17.7. The summed E-state index contributed by atoms with van der Waals surface area (Å²) in [5, 5.41) is 11.0. The van der Waals surface area contributed by atoms with E-state index in [-0.39, 0.29) is 0 Å². The van der Waals surface area contributed by atoms with E-state index in [0.717, 1.165) is 27.7 Å². The van der Waals surface area contributed by atoms with Crippen LogP contribution in [-0.4, -0.2) is 47.3 Å². The fourth-order valence-electron chi connectivity index (χ4n) is 3.58. The number of morpholine rings is 1. The van der Waals surface area contributed by atoms with Crippen molar-refractivity contribution in [3.63, 3.8) is 0 Å². The molecule has 1 fully saturated rings. The molecule has 5 nitrogen and oxygen atoms in total. The lowest BCUT2D eigenvalue weighted by molar-refractivity contribution is -0.145. The topological polar surface area (TPSA) is 65.6 Å². The number of benzene rings is 2. The van der Waals surface area contributed by atoms with Crippen LogP contribution in [0.4, 0.5) is 0 Å². The summed E-state index contributed by atoms with van der Waals surface area (Å²) in [6.07, 6.45) is 0. The van der Waals surface area contributed by atoms with Gasteiger partial charge in [0, 0.05) is 29.6 Å². The number of ether oxygens (including phenoxy) is 1. The maximum atomic E-state index is 12.2. The number of rotatable bonds is 4. The molecule has 1 aliphatic heterocycles. The van der Waals surface area contributed by atoms with Crippen LogP contribution >= 0.6 is 0 Å². The summed E-state index contributed by atoms with van der Waals surface area (Å²) in [6, 6.07) is 17.1. The number of hydrogen-bond donors (Lipinski definition) is 2. The van der Waals surface area contributed by atoms with Crippen molar-refractivity contribution in [2.75, 3.05) is 26.3 Å². The van der Waals surface area contributed by atoms with E-state index in [1.807, 2.05) is 59.5 Å². The van der Waals surface area contributed by atoms with E-state index in [4.69, 9.17) is 4.74 Å². The molecular formula is C20H20N2O3. The summed E-state index contributed by atoms with van der Waals surface area (Å²) in [5.74, 6) is -0.830. The molecule has 25 heavy (non-hydrogen) atoms.